The van der Waals surface area contributed by atoms with Crippen molar-refractivity contribution in [3.63, 3.8) is 0 Å². The Morgan fingerprint density at radius 1 is 1.57 bits per heavy atom. The topological polar surface area (TPSA) is 47.3 Å². The molecule has 0 aliphatic rings. The fourth-order valence-corrected chi connectivity index (χ4v) is 1.08. The summed E-state index contributed by atoms with van der Waals surface area (Å²) in [6.45, 7) is 6.23. The first-order chi connectivity index (χ1) is 6.72. The number of hydrogen-bond donors (Lipinski definition) is 1. The predicted molar refractivity (Wildman–Crippen MR) is 53.8 cm³/mol. The molecule has 1 aromatic rings. The predicted octanol–water partition coefficient (Wildman–Crippen LogP) is 1.57. The van der Waals surface area contributed by atoms with Gasteiger partial charge >= 0.3 is 0 Å². The summed E-state index contributed by atoms with van der Waals surface area (Å²) < 4.78 is 10.5. The lowest BCUT2D eigenvalue weighted by Crippen LogP contribution is -2.04. The zero-order chi connectivity index (χ0) is 10.4. The molecule has 0 amide bonds. The van der Waals surface area contributed by atoms with Gasteiger partial charge in [0.1, 0.15) is 6.61 Å². The monoisotopic (exact) mass is 198 g/mol. The maximum absolute atomic E-state index is 5.42. The third-order valence-corrected chi connectivity index (χ3v) is 1.66. The number of rotatable bonds is 6. The van der Waals surface area contributed by atoms with Crippen molar-refractivity contribution in [1.82, 2.24) is 10.5 Å². The van der Waals surface area contributed by atoms with Gasteiger partial charge in [-0.2, -0.15) is 0 Å². The van der Waals surface area contributed by atoms with Crippen molar-refractivity contribution >= 4 is 0 Å². The lowest BCUT2D eigenvalue weighted by atomic mass is 10.2. The molecule has 1 rings (SSSR count). The van der Waals surface area contributed by atoms with E-state index in [1.54, 1.807) is 0 Å². The van der Waals surface area contributed by atoms with Gasteiger partial charge in [0.2, 0.25) is 0 Å². The molecule has 0 bridgehead atoms. The van der Waals surface area contributed by atoms with Gasteiger partial charge in [-0.3, -0.25) is 0 Å². The van der Waals surface area contributed by atoms with E-state index >= 15 is 0 Å². The van der Waals surface area contributed by atoms with Crippen molar-refractivity contribution in [3.8, 4) is 0 Å². The molecule has 0 aliphatic carbocycles. The van der Waals surface area contributed by atoms with Crippen molar-refractivity contribution in [1.29, 1.82) is 0 Å². The third kappa shape index (κ3) is 3.89. The van der Waals surface area contributed by atoms with Crippen molar-refractivity contribution in [2.24, 2.45) is 5.92 Å². The normalized spacial score (nSPS) is 11.1. The van der Waals surface area contributed by atoms with Crippen LogP contribution in [-0.2, 0) is 17.9 Å². The standard InChI is InChI=1S/C10H18N2O2/c1-8(2)6-13-7-10-4-9(5-11-3)12-14-10/h4,8,11H,5-7H2,1-3H3. The maximum atomic E-state index is 5.42. The molecule has 0 fully saturated rings. The molecule has 0 aromatic carbocycles. The van der Waals surface area contributed by atoms with Crippen molar-refractivity contribution in [3.05, 3.63) is 17.5 Å². The molecular formula is C10H18N2O2. The van der Waals surface area contributed by atoms with E-state index in [2.05, 4.69) is 24.3 Å². The first-order valence-electron chi connectivity index (χ1n) is 4.89. The van der Waals surface area contributed by atoms with Crippen molar-refractivity contribution in [2.75, 3.05) is 13.7 Å². The second kappa shape index (κ2) is 5.78. The van der Waals surface area contributed by atoms with Gasteiger partial charge in [0.15, 0.2) is 5.76 Å². The van der Waals surface area contributed by atoms with Crippen LogP contribution in [0.3, 0.4) is 0 Å². The smallest absolute Gasteiger partial charge is 0.162 e. The molecule has 1 aromatic heterocycles. The van der Waals surface area contributed by atoms with Crippen LogP contribution >= 0.6 is 0 Å². The van der Waals surface area contributed by atoms with E-state index < -0.39 is 0 Å². The van der Waals surface area contributed by atoms with Gasteiger partial charge in [-0.1, -0.05) is 19.0 Å². The molecule has 14 heavy (non-hydrogen) atoms. The maximum Gasteiger partial charge on any atom is 0.162 e. The van der Waals surface area contributed by atoms with E-state index in [-0.39, 0.29) is 0 Å². The molecule has 4 heteroatoms. The van der Waals surface area contributed by atoms with Crippen molar-refractivity contribution in [2.45, 2.75) is 27.0 Å². The van der Waals surface area contributed by atoms with Gasteiger partial charge in [0.25, 0.3) is 0 Å². The molecule has 1 heterocycles. The number of ether oxygens (including phenoxy) is 1. The third-order valence-electron chi connectivity index (χ3n) is 1.66. The minimum absolute atomic E-state index is 0.509. The lowest BCUT2D eigenvalue weighted by Gasteiger charge is -2.03. The summed E-state index contributed by atoms with van der Waals surface area (Å²) >= 11 is 0. The van der Waals surface area contributed by atoms with Crippen molar-refractivity contribution < 1.29 is 9.26 Å². The molecule has 0 saturated heterocycles. The van der Waals surface area contributed by atoms with Gasteiger partial charge in [-0.15, -0.1) is 0 Å². The zero-order valence-electron chi connectivity index (χ0n) is 9.04. The van der Waals surface area contributed by atoms with Crippen LogP contribution in [-0.4, -0.2) is 18.8 Å². The van der Waals surface area contributed by atoms with E-state index in [9.17, 15) is 0 Å². The van der Waals surface area contributed by atoms with E-state index in [0.29, 0.717) is 12.5 Å². The molecule has 1 N–H and O–H groups in total. The highest BCUT2D eigenvalue weighted by atomic mass is 16.5. The van der Waals surface area contributed by atoms with E-state index in [1.165, 1.54) is 0 Å². The largest absolute Gasteiger partial charge is 0.373 e. The van der Waals surface area contributed by atoms with E-state index in [0.717, 1.165) is 24.6 Å². The van der Waals surface area contributed by atoms with E-state index in [4.69, 9.17) is 9.26 Å². The first-order valence-corrected chi connectivity index (χ1v) is 4.89. The summed E-state index contributed by atoms with van der Waals surface area (Å²) in [4.78, 5) is 0. The summed E-state index contributed by atoms with van der Waals surface area (Å²) in [6, 6.07) is 1.91. The average Bonchev–Trinajstić information content (AvgIpc) is 2.53. The van der Waals surface area contributed by atoms with Crippen LogP contribution < -0.4 is 5.32 Å². The highest BCUT2D eigenvalue weighted by Gasteiger charge is 2.03. The Morgan fingerprint density at radius 2 is 2.36 bits per heavy atom. The Labute approximate surface area is 84.6 Å². The second-order valence-corrected chi connectivity index (χ2v) is 3.72. The average molecular weight is 198 g/mol. The SMILES string of the molecule is CNCc1cc(COCC(C)C)on1. The Balaban J connectivity index is 2.28. The van der Waals surface area contributed by atoms with Crippen LogP contribution in [0.5, 0.6) is 0 Å². The quantitative estimate of drug-likeness (QED) is 0.753. The summed E-state index contributed by atoms with van der Waals surface area (Å²) in [6.07, 6.45) is 0. The molecule has 80 valence electrons. The van der Waals surface area contributed by atoms with Crippen LogP contribution in [0.1, 0.15) is 25.3 Å². The number of hydrogen-bond acceptors (Lipinski definition) is 4. The molecule has 0 radical (unpaired) electrons. The number of nitrogens with one attached hydrogen (secondary N) is 1. The van der Waals surface area contributed by atoms with Gasteiger partial charge in [-0.25, -0.2) is 0 Å². The van der Waals surface area contributed by atoms with Gasteiger partial charge in [0, 0.05) is 19.2 Å². The summed E-state index contributed by atoms with van der Waals surface area (Å²) in [5, 5.41) is 6.89. The Kier molecular flexibility index (Phi) is 4.62. The van der Waals surface area contributed by atoms with Crippen LogP contribution in [0.25, 0.3) is 0 Å². The van der Waals surface area contributed by atoms with Crippen LogP contribution in [0.2, 0.25) is 0 Å². The van der Waals surface area contributed by atoms with Crippen LogP contribution in [0, 0.1) is 5.92 Å². The summed E-state index contributed by atoms with van der Waals surface area (Å²) in [5.41, 5.74) is 0.913. The molecule has 4 nitrogen and oxygen atoms in total. The van der Waals surface area contributed by atoms with Crippen LogP contribution in [0.4, 0.5) is 0 Å². The minimum atomic E-state index is 0.509. The summed E-state index contributed by atoms with van der Waals surface area (Å²) in [7, 11) is 1.88. The van der Waals surface area contributed by atoms with Gasteiger partial charge < -0.3 is 14.6 Å². The number of nitrogens with zero attached hydrogens (tertiary/aromatic N) is 1. The first kappa shape index (κ1) is 11.2. The fraction of sp³-hybridized carbons (Fsp3) is 0.700. The lowest BCUT2D eigenvalue weighted by molar-refractivity contribution is 0.0805. The molecule has 0 saturated carbocycles. The highest BCUT2D eigenvalue weighted by molar-refractivity contribution is 5.03. The highest BCUT2D eigenvalue weighted by Crippen LogP contribution is 2.05. The molecule has 0 atom stereocenters. The Hall–Kier alpha value is -0.870. The number of aromatic nitrogens is 1. The molecule has 0 aliphatic heterocycles. The van der Waals surface area contributed by atoms with Crippen LogP contribution in [0.15, 0.2) is 10.6 Å². The van der Waals surface area contributed by atoms with Gasteiger partial charge in [-0.05, 0) is 13.0 Å². The second-order valence-electron chi connectivity index (χ2n) is 3.72. The fourth-order valence-electron chi connectivity index (χ4n) is 1.08. The summed E-state index contributed by atoms with van der Waals surface area (Å²) in [5.74, 6) is 1.34. The Morgan fingerprint density at radius 3 is 3.00 bits per heavy atom. The molecule has 0 spiro atoms. The molecular weight excluding hydrogens is 180 g/mol. The molecule has 0 unspecified atom stereocenters. The zero-order valence-corrected chi connectivity index (χ0v) is 9.04. The minimum Gasteiger partial charge on any atom is -0.373 e. The van der Waals surface area contributed by atoms with E-state index in [1.807, 2.05) is 13.1 Å². The Bertz CT molecular complexity index is 258. The van der Waals surface area contributed by atoms with Gasteiger partial charge in [0.05, 0.1) is 5.69 Å².